The number of thioether (sulfide) groups is 1. The molecule has 2 atom stereocenters. The van der Waals surface area contributed by atoms with E-state index >= 15 is 0 Å². The van der Waals surface area contributed by atoms with Crippen LogP contribution in [0.1, 0.15) is 31.0 Å². The van der Waals surface area contributed by atoms with E-state index in [0.29, 0.717) is 11.1 Å². The smallest absolute Gasteiger partial charge is 0.277 e. The summed E-state index contributed by atoms with van der Waals surface area (Å²) in [6, 6.07) is 13.6. The zero-order chi connectivity index (χ0) is 19.4. The van der Waals surface area contributed by atoms with Crippen LogP contribution in [-0.4, -0.2) is 21.4 Å². The van der Waals surface area contributed by atoms with Gasteiger partial charge in [-0.05, 0) is 50.6 Å². The highest BCUT2D eigenvalue weighted by Crippen LogP contribution is 2.27. The van der Waals surface area contributed by atoms with Gasteiger partial charge in [0.15, 0.2) is 0 Å². The second kappa shape index (κ2) is 8.35. The molecule has 0 saturated heterocycles. The van der Waals surface area contributed by atoms with Gasteiger partial charge in [-0.2, -0.15) is 0 Å². The van der Waals surface area contributed by atoms with E-state index in [-0.39, 0.29) is 17.8 Å². The second-order valence-electron chi connectivity index (χ2n) is 6.28. The van der Waals surface area contributed by atoms with Gasteiger partial charge in [0.1, 0.15) is 5.82 Å². The third-order valence-corrected chi connectivity index (χ3v) is 4.98. The molecule has 1 amide bonds. The van der Waals surface area contributed by atoms with Gasteiger partial charge in [0, 0.05) is 5.56 Å². The van der Waals surface area contributed by atoms with E-state index in [1.165, 1.54) is 23.9 Å². The highest BCUT2D eigenvalue weighted by atomic mass is 32.2. The predicted octanol–water partition coefficient (Wildman–Crippen LogP) is 4.54. The Hall–Kier alpha value is -2.67. The Balaban J connectivity index is 1.60. The third kappa shape index (κ3) is 4.95. The Morgan fingerprint density at radius 2 is 1.89 bits per heavy atom. The van der Waals surface area contributed by atoms with Gasteiger partial charge in [0.25, 0.3) is 5.22 Å². The van der Waals surface area contributed by atoms with E-state index in [4.69, 9.17) is 4.42 Å². The van der Waals surface area contributed by atoms with Crippen molar-refractivity contribution in [2.75, 3.05) is 0 Å². The molecule has 1 heterocycles. The Labute approximate surface area is 161 Å². The molecule has 0 aliphatic carbocycles. The van der Waals surface area contributed by atoms with Crippen molar-refractivity contribution in [2.24, 2.45) is 0 Å². The second-order valence-corrected chi connectivity index (χ2v) is 7.58. The summed E-state index contributed by atoms with van der Waals surface area (Å²) < 4.78 is 18.7. The molecule has 7 heteroatoms. The fourth-order valence-corrected chi connectivity index (χ4v) is 3.21. The molecular formula is C20H20FN3O2S. The molecule has 0 aliphatic heterocycles. The molecule has 3 aromatic rings. The number of aromatic nitrogens is 2. The van der Waals surface area contributed by atoms with Gasteiger partial charge < -0.3 is 9.73 Å². The lowest BCUT2D eigenvalue weighted by atomic mass is 10.1. The molecule has 0 unspecified atom stereocenters. The van der Waals surface area contributed by atoms with Crippen molar-refractivity contribution in [3.05, 3.63) is 65.5 Å². The standard InChI is InChI=1S/C20H20FN3O2S/c1-12-5-4-6-16(11-12)19-23-24-20(26-19)27-14(3)18(25)22-13(2)15-7-9-17(21)10-8-15/h4-11,13-14H,1-3H3,(H,22,25)/t13-,14-/m1/s1. The highest BCUT2D eigenvalue weighted by molar-refractivity contribution is 8.00. The van der Waals surface area contributed by atoms with Crippen molar-refractivity contribution in [1.29, 1.82) is 0 Å². The molecule has 1 N–H and O–H groups in total. The van der Waals surface area contributed by atoms with Crippen LogP contribution in [-0.2, 0) is 4.79 Å². The first kappa shape index (κ1) is 19.1. The van der Waals surface area contributed by atoms with Crippen LogP contribution in [0, 0.1) is 12.7 Å². The van der Waals surface area contributed by atoms with Crippen molar-refractivity contribution in [3.8, 4) is 11.5 Å². The highest BCUT2D eigenvalue weighted by Gasteiger charge is 2.20. The van der Waals surface area contributed by atoms with Crippen LogP contribution in [0.25, 0.3) is 11.5 Å². The van der Waals surface area contributed by atoms with E-state index in [1.807, 2.05) is 38.1 Å². The normalized spacial score (nSPS) is 13.2. The Morgan fingerprint density at radius 1 is 1.15 bits per heavy atom. The summed E-state index contributed by atoms with van der Waals surface area (Å²) in [6.45, 7) is 5.61. The van der Waals surface area contributed by atoms with Gasteiger partial charge in [0.2, 0.25) is 11.8 Å². The summed E-state index contributed by atoms with van der Waals surface area (Å²) in [5, 5.41) is 10.9. The van der Waals surface area contributed by atoms with Crippen LogP contribution in [0.4, 0.5) is 4.39 Å². The number of amides is 1. The topological polar surface area (TPSA) is 68.0 Å². The number of rotatable bonds is 6. The number of hydrogen-bond acceptors (Lipinski definition) is 5. The molecule has 0 spiro atoms. The van der Waals surface area contributed by atoms with Crippen molar-refractivity contribution in [1.82, 2.24) is 15.5 Å². The van der Waals surface area contributed by atoms with E-state index in [0.717, 1.165) is 16.7 Å². The molecular weight excluding hydrogens is 365 g/mol. The van der Waals surface area contributed by atoms with Gasteiger partial charge in [-0.15, -0.1) is 10.2 Å². The van der Waals surface area contributed by atoms with E-state index < -0.39 is 5.25 Å². The number of halogens is 1. The molecule has 0 aliphatic rings. The minimum Gasteiger partial charge on any atom is -0.411 e. The lowest BCUT2D eigenvalue weighted by Gasteiger charge is -2.16. The maximum absolute atomic E-state index is 13.0. The average molecular weight is 385 g/mol. The SMILES string of the molecule is Cc1cccc(-c2nnc(S[C@H](C)C(=O)N[C@H](C)c3ccc(F)cc3)o2)c1. The number of aryl methyl sites for hydroxylation is 1. The minimum atomic E-state index is -0.418. The molecule has 2 aromatic carbocycles. The first-order chi connectivity index (χ1) is 12.9. The first-order valence-corrected chi connectivity index (χ1v) is 9.43. The van der Waals surface area contributed by atoms with E-state index in [1.54, 1.807) is 19.1 Å². The fourth-order valence-electron chi connectivity index (χ4n) is 2.52. The number of carbonyl (C=O) groups excluding carboxylic acids is 1. The maximum atomic E-state index is 13.0. The zero-order valence-electron chi connectivity index (χ0n) is 15.3. The maximum Gasteiger partial charge on any atom is 0.277 e. The van der Waals surface area contributed by atoms with Gasteiger partial charge in [-0.25, -0.2) is 4.39 Å². The van der Waals surface area contributed by atoms with Crippen molar-refractivity contribution in [3.63, 3.8) is 0 Å². The number of hydrogen-bond donors (Lipinski definition) is 1. The van der Waals surface area contributed by atoms with Gasteiger partial charge in [-0.3, -0.25) is 4.79 Å². The predicted molar refractivity (Wildman–Crippen MR) is 103 cm³/mol. The molecule has 140 valence electrons. The molecule has 0 bridgehead atoms. The van der Waals surface area contributed by atoms with Crippen LogP contribution in [0.15, 0.2) is 58.2 Å². The van der Waals surface area contributed by atoms with Crippen molar-refractivity contribution in [2.45, 2.75) is 37.3 Å². The fraction of sp³-hybridized carbons (Fsp3) is 0.250. The summed E-state index contributed by atoms with van der Waals surface area (Å²) in [6.07, 6.45) is 0. The van der Waals surface area contributed by atoms with Crippen LogP contribution >= 0.6 is 11.8 Å². The van der Waals surface area contributed by atoms with Gasteiger partial charge >= 0.3 is 0 Å². The quantitative estimate of drug-likeness (QED) is 0.631. The van der Waals surface area contributed by atoms with Crippen LogP contribution < -0.4 is 5.32 Å². The summed E-state index contributed by atoms with van der Waals surface area (Å²) in [7, 11) is 0. The Kier molecular flexibility index (Phi) is 5.91. The molecule has 0 fully saturated rings. The number of nitrogens with zero attached hydrogens (tertiary/aromatic N) is 2. The number of nitrogens with one attached hydrogen (secondary N) is 1. The molecule has 1 aromatic heterocycles. The molecule has 5 nitrogen and oxygen atoms in total. The largest absolute Gasteiger partial charge is 0.411 e. The lowest BCUT2D eigenvalue weighted by Crippen LogP contribution is -2.33. The summed E-state index contributed by atoms with van der Waals surface area (Å²) >= 11 is 1.20. The monoisotopic (exact) mass is 385 g/mol. The Morgan fingerprint density at radius 3 is 2.59 bits per heavy atom. The summed E-state index contributed by atoms with van der Waals surface area (Å²) in [5.41, 5.74) is 2.78. The molecule has 0 saturated carbocycles. The van der Waals surface area contributed by atoms with Crippen molar-refractivity contribution >= 4 is 17.7 Å². The van der Waals surface area contributed by atoms with Gasteiger partial charge in [0.05, 0.1) is 11.3 Å². The number of benzene rings is 2. The zero-order valence-corrected chi connectivity index (χ0v) is 16.1. The molecule has 3 rings (SSSR count). The van der Waals surface area contributed by atoms with Crippen LogP contribution in [0.5, 0.6) is 0 Å². The summed E-state index contributed by atoms with van der Waals surface area (Å²) in [4.78, 5) is 12.4. The van der Waals surface area contributed by atoms with Crippen molar-refractivity contribution < 1.29 is 13.6 Å². The minimum absolute atomic E-state index is 0.160. The first-order valence-electron chi connectivity index (χ1n) is 8.55. The molecule has 27 heavy (non-hydrogen) atoms. The van der Waals surface area contributed by atoms with Crippen LogP contribution in [0.2, 0.25) is 0 Å². The van der Waals surface area contributed by atoms with E-state index in [2.05, 4.69) is 15.5 Å². The summed E-state index contributed by atoms with van der Waals surface area (Å²) in [5.74, 6) is -0.0392. The van der Waals surface area contributed by atoms with Crippen LogP contribution in [0.3, 0.4) is 0 Å². The Bertz CT molecular complexity index is 927. The van der Waals surface area contributed by atoms with E-state index in [9.17, 15) is 9.18 Å². The average Bonchev–Trinajstić information content (AvgIpc) is 3.10. The number of carbonyl (C=O) groups is 1. The molecule has 0 radical (unpaired) electrons. The third-order valence-electron chi connectivity index (χ3n) is 4.05. The lowest BCUT2D eigenvalue weighted by molar-refractivity contribution is -0.120. The van der Waals surface area contributed by atoms with Gasteiger partial charge in [-0.1, -0.05) is 41.6 Å².